The van der Waals surface area contributed by atoms with Gasteiger partial charge in [-0.3, -0.25) is 4.57 Å². The Morgan fingerprint density at radius 1 is 0.600 bits per heavy atom. The maximum atomic E-state index is 12.5. The van der Waals surface area contributed by atoms with Crippen LogP contribution in [0.4, 0.5) is 0 Å². The van der Waals surface area contributed by atoms with Crippen LogP contribution in [-0.2, 0) is 36.3 Å². The van der Waals surface area contributed by atoms with Crippen LogP contribution < -0.4 is 18.9 Å². The largest absolute Gasteiger partial charge is 0.497 e. The molecule has 0 saturated heterocycles. The molecule has 0 aliphatic heterocycles. The fraction of sp³-hybridized carbons (Fsp3) is 0.571. The van der Waals surface area contributed by atoms with Crippen LogP contribution in [0, 0.1) is 0 Å². The summed E-state index contributed by atoms with van der Waals surface area (Å²) in [5.74, 6) is 2.37. The molecule has 0 N–H and O–H groups in total. The smallest absolute Gasteiger partial charge is 0.319 e. The summed E-state index contributed by atoms with van der Waals surface area (Å²) in [6.07, 6.45) is 0. The van der Waals surface area contributed by atoms with Crippen LogP contribution in [-0.4, -0.2) is 57.2 Å². The topological polar surface area (TPSA) is 90.9 Å². The standard InChI is InChI=1S/C28H47O9PSi2/c1-30-25-13-23(15-27(17-25)34-21-32-9-11-39(3,4)5)19-36-38(29)37-20-24-14-26(31-2)18-28(16-24)35-22-33-10-12-40(6,7)8/h13-18,38H,9-12,19-22H2,1-8H3. The Hall–Kier alpha value is -1.86. The minimum absolute atomic E-state index is 0.0725. The maximum Gasteiger partial charge on any atom is 0.319 e. The number of rotatable bonds is 20. The molecular formula is C28H47O9PSi2. The molecule has 0 atom stereocenters. The summed E-state index contributed by atoms with van der Waals surface area (Å²) in [6.45, 7) is 15.6. The van der Waals surface area contributed by atoms with Crippen LogP contribution in [0.15, 0.2) is 36.4 Å². The van der Waals surface area contributed by atoms with E-state index in [1.54, 1.807) is 50.6 Å². The molecule has 0 saturated carbocycles. The summed E-state index contributed by atoms with van der Waals surface area (Å²) < 4.78 is 56.9. The zero-order valence-electron chi connectivity index (χ0n) is 25.3. The van der Waals surface area contributed by atoms with Crippen LogP contribution in [0.3, 0.4) is 0 Å². The van der Waals surface area contributed by atoms with Gasteiger partial charge in [0.05, 0.1) is 27.4 Å². The second kappa shape index (κ2) is 17.2. The quantitative estimate of drug-likeness (QED) is 0.0664. The summed E-state index contributed by atoms with van der Waals surface area (Å²) in [6, 6.07) is 12.9. The van der Waals surface area contributed by atoms with Crippen molar-refractivity contribution in [3.05, 3.63) is 47.5 Å². The summed E-state index contributed by atoms with van der Waals surface area (Å²) in [5.41, 5.74) is 1.48. The molecule has 0 radical (unpaired) electrons. The highest BCUT2D eigenvalue weighted by Crippen LogP contribution is 2.31. The molecule has 2 aromatic rings. The van der Waals surface area contributed by atoms with E-state index in [0.29, 0.717) is 36.2 Å². The lowest BCUT2D eigenvalue weighted by Crippen LogP contribution is -2.22. The third-order valence-electron chi connectivity index (χ3n) is 5.68. The van der Waals surface area contributed by atoms with Crippen molar-refractivity contribution in [1.82, 2.24) is 0 Å². The highest BCUT2D eigenvalue weighted by Gasteiger charge is 2.13. The van der Waals surface area contributed by atoms with Gasteiger partial charge in [-0.05, 0) is 47.5 Å². The van der Waals surface area contributed by atoms with E-state index in [2.05, 4.69) is 39.3 Å². The molecule has 0 bridgehead atoms. The molecule has 0 heterocycles. The van der Waals surface area contributed by atoms with Crippen molar-refractivity contribution in [2.24, 2.45) is 0 Å². The van der Waals surface area contributed by atoms with Crippen molar-refractivity contribution in [2.45, 2.75) is 64.6 Å². The summed E-state index contributed by atoms with van der Waals surface area (Å²) in [4.78, 5) is 0. The minimum atomic E-state index is -2.78. The lowest BCUT2D eigenvalue weighted by atomic mass is 10.2. The zero-order valence-corrected chi connectivity index (χ0v) is 28.3. The van der Waals surface area contributed by atoms with Crippen LogP contribution in [0.25, 0.3) is 0 Å². The average Bonchev–Trinajstić information content (AvgIpc) is 2.88. The SMILES string of the molecule is COc1cc(CO[PH](=O)OCc2cc(OC)cc(OCOCC[Si](C)(C)C)c2)cc(OCOCC[Si](C)(C)C)c1. The van der Waals surface area contributed by atoms with Crippen molar-refractivity contribution in [3.8, 4) is 23.0 Å². The average molecular weight is 615 g/mol. The van der Waals surface area contributed by atoms with Gasteiger partial charge < -0.3 is 37.5 Å². The molecule has 0 unspecified atom stereocenters. The van der Waals surface area contributed by atoms with Gasteiger partial charge in [-0.25, -0.2) is 0 Å². The van der Waals surface area contributed by atoms with Crippen molar-refractivity contribution in [1.29, 1.82) is 0 Å². The number of hydrogen-bond acceptors (Lipinski definition) is 9. The molecule has 0 aliphatic carbocycles. The predicted octanol–water partition coefficient (Wildman–Crippen LogP) is 7.21. The second-order valence-corrected chi connectivity index (χ2v) is 24.1. The molecule has 40 heavy (non-hydrogen) atoms. The zero-order chi connectivity index (χ0) is 29.6. The fourth-order valence-corrected chi connectivity index (χ4v) is 5.42. The van der Waals surface area contributed by atoms with Crippen LogP contribution in [0.2, 0.25) is 51.4 Å². The molecule has 0 spiro atoms. The Labute approximate surface area is 242 Å². The number of benzene rings is 2. The maximum absolute atomic E-state index is 12.5. The van der Waals surface area contributed by atoms with E-state index in [0.717, 1.165) is 23.2 Å². The van der Waals surface area contributed by atoms with Crippen LogP contribution in [0.5, 0.6) is 23.0 Å². The van der Waals surface area contributed by atoms with E-state index in [1.165, 1.54) is 0 Å². The highest BCUT2D eigenvalue weighted by molar-refractivity contribution is 7.33. The summed E-state index contributed by atoms with van der Waals surface area (Å²) >= 11 is 0. The van der Waals surface area contributed by atoms with Crippen molar-refractivity contribution < 1.29 is 42.0 Å². The molecule has 0 fully saturated rings. The van der Waals surface area contributed by atoms with Crippen molar-refractivity contribution in [3.63, 3.8) is 0 Å². The van der Waals surface area contributed by atoms with E-state index in [1.807, 2.05) is 0 Å². The first-order valence-corrected chi connectivity index (χ1v) is 22.1. The van der Waals surface area contributed by atoms with Gasteiger partial charge in [0.1, 0.15) is 23.0 Å². The van der Waals surface area contributed by atoms with E-state index in [4.69, 9.17) is 37.5 Å². The van der Waals surface area contributed by atoms with Gasteiger partial charge in [-0.2, -0.15) is 0 Å². The van der Waals surface area contributed by atoms with E-state index in [9.17, 15) is 4.57 Å². The Bertz CT molecular complexity index is 974. The van der Waals surface area contributed by atoms with Crippen LogP contribution >= 0.6 is 8.25 Å². The van der Waals surface area contributed by atoms with E-state index in [-0.39, 0.29) is 26.8 Å². The first kappa shape index (κ1) is 34.3. The van der Waals surface area contributed by atoms with Gasteiger partial charge in [0.2, 0.25) is 0 Å². The van der Waals surface area contributed by atoms with Crippen molar-refractivity contribution >= 4 is 24.4 Å². The Morgan fingerprint density at radius 3 is 1.32 bits per heavy atom. The second-order valence-electron chi connectivity index (χ2n) is 11.8. The van der Waals surface area contributed by atoms with Gasteiger partial charge in [0, 0.05) is 41.5 Å². The minimum Gasteiger partial charge on any atom is -0.497 e. The van der Waals surface area contributed by atoms with Gasteiger partial charge in [-0.1, -0.05) is 39.3 Å². The third-order valence-corrected chi connectivity index (χ3v) is 9.84. The normalized spacial score (nSPS) is 12.0. The van der Waals surface area contributed by atoms with Gasteiger partial charge in [0.15, 0.2) is 13.6 Å². The van der Waals surface area contributed by atoms with Crippen molar-refractivity contribution in [2.75, 3.05) is 41.0 Å². The summed E-state index contributed by atoms with van der Waals surface area (Å²) in [5, 5.41) is 0. The molecule has 0 amide bonds. The summed E-state index contributed by atoms with van der Waals surface area (Å²) in [7, 11) is -1.94. The molecule has 226 valence electrons. The highest BCUT2D eigenvalue weighted by atomic mass is 31.1. The first-order valence-electron chi connectivity index (χ1n) is 13.4. The third kappa shape index (κ3) is 15.2. The van der Waals surface area contributed by atoms with E-state index < -0.39 is 24.4 Å². The monoisotopic (exact) mass is 614 g/mol. The lowest BCUT2D eigenvalue weighted by molar-refractivity contribution is 0.0216. The number of hydrogen-bond donors (Lipinski definition) is 0. The molecule has 12 heteroatoms. The van der Waals surface area contributed by atoms with Gasteiger partial charge >= 0.3 is 8.25 Å². The van der Waals surface area contributed by atoms with E-state index >= 15 is 0 Å². The molecule has 2 rings (SSSR count). The molecule has 0 aliphatic rings. The molecule has 2 aromatic carbocycles. The fourth-order valence-electron chi connectivity index (χ4n) is 3.25. The lowest BCUT2D eigenvalue weighted by Gasteiger charge is -2.16. The van der Waals surface area contributed by atoms with Crippen LogP contribution in [0.1, 0.15) is 11.1 Å². The van der Waals surface area contributed by atoms with Gasteiger partial charge in [-0.15, -0.1) is 0 Å². The Balaban J connectivity index is 1.84. The molecular weight excluding hydrogens is 567 g/mol. The first-order chi connectivity index (χ1) is 18.9. The molecule has 0 aromatic heterocycles. The molecule has 9 nitrogen and oxygen atoms in total. The number of ether oxygens (including phenoxy) is 6. The van der Waals surface area contributed by atoms with Gasteiger partial charge in [0.25, 0.3) is 0 Å². The number of methoxy groups -OCH3 is 2. The predicted molar refractivity (Wildman–Crippen MR) is 164 cm³/mol. The Morgan fingerprint density at radius 2 is 0.975 bits per heavy atom. The Kier molecular flexibility index (Phi) is 14.8.